The molecule has 0 radical (unpaired) electrons. The minimum Gasteiger partial charge on any atom is -0.508 e. The molecule has 0 aliphatic carbocycles. The maximum absolute atomic E-state index is 11.8. The van der Waals surface area contributed by atoms with Crippen LogP contribution in [0, 0.1) is 0 Å². The van der Waals surface area contributed by atoms with E-state index >= 15 is 0 Å². The van der Waals surface area contributed by atoms with Crippen LogP contribution in [0.15, 0.2) is 18.2 Å². The van der Waals surface area contributed by atoms with Gasteiger partial charge in [-0.25, -0.2) is 4.79 Å². The standard InChI is InChI=1S/C12H13ClN2O4/c13-10-2-1-9(16)5-8(10)6-14-3-4-15(12(18)19)7-11(14)17/h1-2,5,16H,3-4,6-7H2,(H,18,19). The van der Waals surface area contributed by atoms with Crippen LogP contribution in [-0.4, -0.2) is 51.6 Å². The molecule has 19 heavy (non-hydrogen) atoms. The van der Waals surface area contributed by atoms with Crippen LogP contribution >= 0.6 is 11.6 Å². The van der Waals surface area contributed by atoms with E-state index in [1.165, 1.54) is 17.0 Å². The lowest BCUT2D eigenvalue weighted by Crippen LogP contribution is -2.51. The van der Waals surface area contributed by atoms with E-state index in [1.807, 2.05) is 0 Å². The summed E-state index contributed by atoms with van der Waals surface area (Å²) in [7, 11) is 0. The molecule has 0 atom stereocenters. The molecule has 1 aliphatic rings. The van der Waals surface area contributed by atoms with E-state index < -0.39 is 6.09 Å². The van der Waals surface area contributed by atoms with Crippen LogP contribution in [0.4, 0.5) is 4.79 Å². The Labute approximate surface area is 114 Å². The van der Waals surface area contributed by atoms with Gasteiger partial charge in [0.05, 0.1) is 0 Å². The van der Waals surface area contributed by atoms with Crippen molar-refractivity contribution < 1.29 is 19.8 Å². The van der Waals surface area contributed by atoms with Gasteiger partial charge in [0.2, 0.25) is 5.91 Å². The fraction of sp³-hybridized carbons (Fsp3) is 0.333. The van der Waals surface area contributed by atoms with Gasteiger partial charge in [0, 0.05) is 24.7 Å². The summed E-state index contributed by atoms with van der Waals surface area (Å²) in [6.45, 7) is 0.708. The maximum Gasteiger partial charge on any atom is 0.407 e. The zero-order valence-corrected chi connectivity index (χ0v) is 10.8. The zero-order valence-electron chi connectivity index (χ0n) is 10.0. The van der Waals surface area contributed by atoms with Crippen LogP contribution in [0.1, 0.15) is 5.56 Å². The number of halogens is 1. The van der Waals surface area contributed by atoms with E-state index in [1.54, 1.807) is 6.07 Å². The number of nitrogens with zero attached hydrogens (tertiary/aromatic N) is 2. The Morgan fingerprint density at radius 1 is 1.37 bits per heavy atom. The number of carboxylic acid groups (broad SMARTS) is 1. The van der Waals surface area contributed by atoms with Crippen LogP contribution < -0.4 is 0 Å². The van der Waals surface area contributed by atoms with E-state index in [-0.39, 0.29) is 31.3 Å². The molecule has 1 heterocycles. The average Bonchev–Trinajstić information content (AvgIpc) is 2.36. The van der Waals surface area contributed by atoms with Crippen LogP contribution in [0.3, 0.4) is 0 Å². The highest BCUT2D eigenvalue weighted by Gasteiger charge is 2.27. The monoisotopic (exact) mass is 284 g/mol. The molecule has 102 valence electrons. The third-order valence-corrected chi connectivity index (χ3v) is 3.35. The number of hydrogen-bond donors (Lipinski definition) is 2. The van der Waals surface area contributed by atoms with Gasteiger partial charge in [-0.2, -0.15) is 0 Å². The second-order valence-corrected chi connectivity index (χ2v) is 4.70. The average molecular weight is 285 g/mol. The molecule has 0 spiro atoms. The number of phenols is 1. The fourth-order valence-electron chi connectivity index (χ4n) is 1.93. The molecular weight excluding hydrogens is 272 g/mol. The predicted molar refractivity (Wildman–Crippen MR) is 68.1 cm³/mol. The molecule has 7 heteroatoms. The van der Waals surface area contributed by atoms with Crippen molar-refractivity contribution in [3.05, 3.63) is 28.8 Å². The molecule has 0 aromatic heterocycles. The molecule has 1 aromatic rings. The van der Waals surface area contributed by atoms with Gasteiger partial charge in [-0.05, 0) is 23.8 Å². The molecule has 1 aliphatic heterocycles. The number of phenolic OH excluding ortho intramolecular Hbond substituents is 1. The van der Waals surface area contributed by atoms with E-state index in [2.05, 4.69) is 0 Å². The smallest absolute Gasteiger partial charge is 0.407 e. The number of rotatable bonds is 2. The van der Waals surface area contributed by atoms with Crippen LogP contribution in [0.5, 0.6) is 5.75 Å². The quantitative estimate of drug-likeness (QED) is 0.859. The first-order chi connectivity index (χ1) is 8.97. The molecule has 1 saturated heterocycles. The summed E-state index contributed by atoms with van der Waals surface area (Å²) in [6.07, 6.45) is -1.09. The van der Waals surface area contributed by atoms with Crippen molar-refractivity contribution in [3.8, 4) is 5.75 Å². The minimum absolute atomic E-state index is 0.0796. The molecular formula is C12H13ClN2O4. The summed E-state index contributed by atoms with van der Waals surface area (Å²) in [5.41, 5.74) is 0.638. The van der Waals surface area contributed by atoms with Gasteiger partial charge in [0.25, 0.3) is 0 Å². The Morgan fingerprint density at radius 3 is 2.74 bits per heavy atom. The Balaban J connectivity index is 2.06. The SMILES string of the molecule is O=C(O)N1CCN(Cc2cc(O)ccc2Cl)C(=O)C1. The highest BCUT2D eigenvalue weighted by Crippen LogP contribution is 2.23. The second kappa shape index (κ2) is 5.36. The Kier molecular flexibility index (Phi) is 3.80. The molecule has 6 nitrogen and oxygen atoms in total. The molecule has 2 amide bonds. The summed E-state index contributed by atoms with van der Waals surface area (Å²) in [5.74, 6) is -0.191. The van der Waals surface area contributed by atoms with Crippen molar-refractivity contribution in [3.63, 3.8) is 0 Å². The third kappa shape index (κ3) is 3.08. The van der Waals surface area contributed by atoms with Crippen LogP contribution in [0.25, 0.3) is 0 Å². The molecule has 2 N–H and O–H groups in total. The first-order valence-corrected chi connectivity index (χ1v) is 6.08. The highest BCUT2D eigenvalue weighted by molar-refractivity contribution is 6.31. The summed E-state index contributed by atoms with van der Waals surface area (Å²) in [4.78, 5) is 25.2. The Hall–Kier alpha value is -1.95. The Morgan fingerprint density at radius 2 is 2.11 bits per heavy atom. The van der Waals surface area contributed by atoms with E-state index in [0.29, 0.717) is 17.1 Å². The number of benzene rings is 1. The Bertz CT molecular complexity index is 520. The normalized spacial score (nSPS) is 15.7. The molecule has 0 saturated carbocycles. The predicted octanol–water partition coefficient (Wildman–Crippen LogP) is 1.37. The number of piperazine rings is 1. The molecule has 1 aromatic carbocycles. The van der Waals surface area contributed by atoms with Gasteiger partial charge in [-0.15, -0.1) is 0 Å². The van der Waals surface area contributed by atoms with Gasteiger partial charge in [0.1, 0.15) is 12.3 Å². The number of carbonyl (C=O) groups excluding carboxylic acids is 1. The highest BCUT2D eigenvalue weighted by atomic mass is 35.5. The van der Waals surface area contributed by atoms with Crippen molar-refractivity contribution in [2.24, 2.45) is 0 Å². The van der Waals surface area contributed by atoms with Gasteiger partial charge >= 0.3 is 6.09 Å². The molecule has 1 fully saturated rings. The van der Waals surface area contributed by atoms with Crippen molar-refractivity contribution in [1.82, 2.24) is 9.80 Å². The summed E-state index contributed by atoms with van der Waals surface area (Å²) >= 11 is 5.99. The van der Waals surface area contributed by atoms with Crippen LogP contribution in [0.2, 0.25) is 5.02 Å². The largest absolute Gasteiger partial charge is 0.508 e. The topological polar surface area (TPSA) is 81.1 Å². The van der Waals surface area contributed by atoms with E-state index in [4.69, 9.17) is 16.7 Å². The molecule has 0 bridgehead atoms. The van der Waals surface area contributed by atoms with Crippen molar-refractivity contribution >= 4 is 23.6 Å². The van der Waals surface area contributed by atoms with Crippen molar-refractivity contribution in [2.75, 3.05) is 19.6 Å². The third-order valence-electron chi connectivity index (χ3n) is 2.98. The van der Waals surface area contributed by atoms with Crippen molar-refractivity contribution in [2.45, 2.75) is 6.54 Å². The lowest BCUT2D eigenvalue weighted by Gasteiger charge is -2.33. The van der Waals surface area contributed by atoms with E-state index in [9.17, 15) is 14.7 Å². The van der Waals surface area contributed by atoms with Gasteiger partial charge < -0.3 is 15.1 Å². The van der Waals surface area contributed by atoms with Crippen molar-refractivity contribution in [1.29, 1.82) is 0 Å². The molecule has 0 unspecified atom stereocenters. The maximum atomic E-state index is 11.8. The van der Waals surface area contributed by atoms with Gasteiger partial charge in [0.15, 0.2) is 0 Å². The van der Waals surface area contributed by atoms with Gasteiger partial charge in [-0.3, -0.25) is 9.69 Å². The summed E-state index contributed by atoms with van der Waals surface area (Å²) in [5, 5.41) is 18.7. The molecule has 2 rings (SSSR count). The second-order valence-electron chi connectivity index (χ2n) is 4.30. The number of amides is 2. The minimum atomic E-state index is -1.09. The lowest BCUT2D eigenvalue weighted by molar-refractivity contribution is -0.135. The van der Waals surface area contributed by atoms with Crippen LogP contribution in [-0.2, 0) is 11.3 Å². The zero-order chi connectivity index (χ0) is 14.0. The first kappa shape index (κ1) is 13.5. The van der Waals surface area contributed by atoms with Gasteiger partial charge in [-0.1, -0.05) is 11.6 Å². The first-order valence-electron chi connectivity index (χ1n) is 5.70. The number of aromatic hydroxyl groups is 1. The van der Waals surface area contributed by atoms with E-state index in [0.717, 1.165) is 4.90 Å². The fourth-order valence-corrected chi connectivity index (χ4v) is 2.10. The summed E-state index contributed by atoms with van der Waals surface area (Å²) in [6, 6.07) is 4.53. The number of carbonyl (C=O) groups is 2. The summed E-state index contributed by atoms with van der Waals surface area (Å²) < 4.78 is 0. The number of hydrogen-bond acceptors (Lipinski definition) is 3. The lowest BCUT2D eigenvalue weighted by atomic mass is 10.2.